The molecule has 0 bridgehead atoms. The van der Waals surface area contributed by atoms with Gasteiger partial charge in [0.15, 0.2) is 0 Å². The van der Waals surface area contributed by atoms with Gasteiger partial charge >= 0.3 is 6.01 Å². The molecule has 0 spiro atoms. The van der Waals surface area contributed by atoms with Crippen molar-refractivity contribution < 1.29 is 4.74 Å². The molecule has 2 heterocycles. The van der Waals surface area contributed by atoms with Crippen LogP contribution in [-0.4, -0.2) is 53.1 Å². The van der Waals surface area contributed by atoms with E-state index in [2.05, 4.69) is 32.2 Å². The molecular weight excluding hydrogens is 256 g/mol. The number of hydrogen-bond acceptors (Lipinski definition) is 7. The minimum atomic E-state index is 0.189. The molecule has 0 amide bonds. The van der Waals surface area contributed by atoms with Crippen LogP contribution in [0, 0.1) is 5.92 Å². The van der Waals surface area contributed by atoms with E-state index in [0.29, 0.717) is 24.5 Å². The molecule has 3 N–H and O–H groups in total. The van der Waals surface area contributed by atoms with E-state index in [9.17, 15) is 0 Å². The van der Waals surface area contributed by atoms with E-state index in [-0.39, 0.29) is 5.95 Å². The van der Waals surface area contributed by atoms with E-state index >= 15 is 0 Å². The summed E-state index contributed by atoms with van der Waals surface area (Å²) in [5.74, 6) is 1.30. The maximum Gasteiger partial charge on any atom is 0.323 e. The van der Waals surface area contributed by atoms with E-state index < -0.39 is 0 Å². The van der Waals surface area contributed by atoms with Crippen LogP contribution in [0.15, 0.2) is 0 Å². The Kier molecular flexibility index (Phi) is 5.34. The van der Waals surface area contributed by atoms with Crippen molar-refractivity contribution in [3.8, 4) is 6.01 Å². The van der Waals surface area contributed by atoms with E-state index in [1.54, 1.807) is 0 Å². The lowest BCUT2D eigenvalue weighted by Gasteiger charge is -2.29. The Balaban J connectivity index is 1.89. The number of nitrogens with one attached hydrogen (secondary N) is 1. The maximum absolute atomic E-state index is 5.67. The number of nitrogen functional groups attached to an aromatic ring is 1. The van der Waals surface area contributed by atoms with Crippen LogP contribution in [-0.2, 0) is 0 Å². The maximum atomic E-state index is 5.67. The molecule has 1 aliphatic rings. The van der Waals surface area contributed by atoms with Gasteiger partial charge in [0.25, 0.3) is 0 Å². The molecule has 0 aromatic carbocycles. The lowest BCUT2D eigenvalue weighted by atomic mass is 9.99. The Morgan fingerprint density at radius 2 is 2.25 bits per heavy atom. The second-order valence-corrected chi connectivity index (χ2v) is 5.30. The number of nitrogens with two attached hydrogens (primary N) is 1. The van der Waals surface area contributed by atoms with E-state index in [4.69, 9.17) is 10.5 Å². The van der Waals surface area contributed by atoms with Crippen molar-refractivity contribution >= 4 is 11.9 Å². The first kappa shape index (κ1) is 14.8. The van der Waals surface area contributed by atoms with Crippen LogP contribution in [0.5, 0.6) is 6.01 Å². The van der Waals surface area contributed by atoms with Crippen LogP contribution in [0.2, 0.25) is 0 Å². The first-order valence-corrected chi connectivity index (χ1v) is 7.24. The van der Waals surface area contributed by atoms with Gasteiger partial charge in [0.05, 0.1) is 6.61 Å². The molecule has 112 valence electrons. The standard InChI is InChI=1S/C13H24N6O/c1-3-7-20-13-17-11(14)16-12(18-13)15-8-10-5-4-6-19(2)9-10/h10H,3-9H2,1-2H3,(H3,14,15,16,17,18). The number of hydrogen-bond donors (Lipinski definition) is 2. The zero-order chi connectivity index (χ0) is 14.4. The molecule has 1 aromatic heterocycles. The van der Waals surface area contributed by atoms with Gasteiger partial charge in [0.2, 0.25) is 11.9 Å². The minimum Gasteiger partial charge on any atom is -0.463 e. The molecule has 1 saturated heterocycles. The molecular formula is C13H24N6O. The molecule has 1 atom stereocenters. The first-order chi connectivity index (χ1) is 9.67. The van der Waals surface area contributed by atoms with Gasteiger partial charge in [-0.05, 0) is 38.8 Å². The lowest BCUT2D eigenvalue weighted by Crippen LogP contribution is -2.35. The molecule has 0 saturated carbocycles. The Bertz CT molecular complexity index is 427. The van der Waals surface area contributed by atoms with Gasteiger partial charge in [-0.3, -0.25) is 0 Å². The van der Waals surface area contributed by atoms with E-state index in [1.165, 1.54) is 19.4 Å². The zero-order valence-electron chi connectivity index (χ0n) is 12.3. The summed E-state index contributed by atoms with van der Waals surface area (Å²) < 4.78 is 5.40. The lowest BCUT2D eigenvalue weighted by molar-refractivity contribution is 0.217. The van der Waals surface area contributed by atoms with Crippen LogP contribution < -0.4 is 15.8 Å². The third-order valence-corrected chi connectivity index (χ3v) is 3.34. The summed E-state index contributed by atoms with van der Waals surface area (Å²) in [6.45, 7) is 5.75. The summed E-state index contributed by atoms with van der Waals surface area (Å²) >= 11 is 0. The summed E-state index contributed by atoms with van der Waals surface area (Å²) in [5, 5.41) is 3.24. The minimum absolute atomic E-state index is 0.189. The number of nitrogens with zero attached hydrogens (tertiary/aromatic N) is 4. The molecule has 1 fully saturated rings. The highest BCUT2D eigenvalue weighted by atomic mass is 16.5. The Morgan fingerprint density at radius 3 is 3.00 bits per heavy atom. The first-order valence-electron chi connectivity index (χ1n) is 7.24. The Labute approximate surface area is 119 Å². The number of anilines is 2. The van der Waals surface area contributed by atoms with Crippen LogP contribution in [0.25, 0.3) is 0 Å². The van der Waals surface area contributed by atoms with Crippen LogP contribution in [0.4, 0.5) is 11.9 Å². The van der Waals surface area contributed by atoms with Gasteiger partial charge < -0.3 is 20.7 Å². The van der Waals surface area contributed by atoms with E-state index in [0.717, 1.165) is 19.5 Å². The number of aromatic nitrogens is 3. The van der Waals surface area contributed by atoms with Crippen LogP contribution in [0.3, 0.4) is 0 Å². The monoisotopic (exact) mass is 280 g/mol. The average Bonchev–Trinajstić information content (AvgIpc) is 2.42. The number of piperidine rings is 1. The number of ether oxygens (including phenoxy) is 1. The van der Waals surface area contributed by atoms with Crippen molar-refractivity contribution in [1.82, 2.24) is 19.9 Å². The SMILES string of the molecule is CCCOc1nc(N)nc(NCC2CCCN(C)C2)n1. The smallest absolute Gasteiger partial charge is 0.323 e. The predicted molar refractivity (Wildman–Crippen MR) is 78.7 cm³/mol. The topological polar surface area (TPSA) is 89.2 Å². The van der Waals surface area contributed by atoms with Crippen molar-refractivity contribution in [2.24, 2.45) is 5.92 Å². The summed E-state index contributed by atoms with van der Waals surface area (Å²) in [7, 11) is 2.16. The zero-order valence-corrected chi connectivity index (χ0v) is 12.3. The fourth-order valence-corrected chi connectivity index (χ4v) is 2.38. The third-order valence-electron chi connectivity index (χ3n) is 3.34. The Morgan fingerprint density at radius 1 is 1.40 bits per heavy atom. The fourth-order valence-electron chi connectivity index (χ4n) is 2.38. The van der Waals surface area contributed by atoms with Crippen molar-refractivity contribution in [2.45, 2.75) is 26.2 Å². The molecule has 7 nitrogen and oxygen atoms in total. The molecule has 20 heavy (non-hydrogen) atoms. The fraction of sp³-hybridized carbons (Fsp3) is 0.769. The van der Waals surface area contributed by atoms with Crippen molar-refractivity contribution in [3.63, 3.8) is 0 Å². The van der Waals surface area contributed by atoms with Gasteiger partial charge in [-0.25, -0.2) is 0 Å². The quantitative estimate of drug-likeness (QED) is 0.803. The van der Waals surface area contributed by atoms with Gasteiger partial charge in [0, 0.05) is 13.1 Å². The van der Waals surface area contributed by atoms with Gasteiger partial charge in [-0.15, -0.1) is 0 Å². The normalized spacial score (nSPS) is 19.8. The molecule has 2 rings (SSSR count). The summed E-state index contributed by atoms with van der Waals surface area (Å²) in [6, 6.07) is 0.294. The van der Waals surface area contributed by atoms with Crippen LogP contribution in [0.1, 0.15) is 26.2 Å². The summed E-state index contributed by atoms with van der Waals surface area (Å²) in [6.07, 6.45) is 3.38. The predicted octanol–water partition coefficient (Wildman–Crippen LogP) is 0.996. The largest absolute Gasteiger partial charge is 0.463 e. The second kappa shape index (κ2) is 7.23. The van der Waals surface area contributed by atoms with Gasteiger partial charge in [-0.1, -0.05) is 6.92 Å². The van der Waals surface area contributed by atoms with Crippen molar-refractivity contribution in [3.05, 3.63) is 0 Å². The number of likely N-dealkylation sites (tertiary alicyclic amines) is 1. The highest BCUT2D eigenvalue weighted by Crippen LogP contribution is 2.16. The second-order valence-electron chi connectivity index (χ2n) is 5.30. The van der Waals surface area contributed by atoms with E-state index in [1.807, 2.05) is 6.92 Å². The molecule has 1 aliphatic heterocycles. The van der Waals surface area contributed by atoms with Gasteiger partial charge in [-0.2, -0.15) is 15.0 Å². The van der Waals surface area contributed by atoms with Crippen molar-refractivity contribution in [2.75, 3.05) is 44.3 Å². The molecule has 1 aromatic rings. The average molecular weight is 280 g/mol. The van der Waals surface area contributed by atoms with Gasteiger partial charge in [0.1, 0.15) is 0 Å². The highest BCUT2D eigenvalue weighted by molar-refractivity contribution is 5.32. The van der Waals surface area contributed by atoms with Crippen molar-refractivity contribution in [1.29, 1.82) is 0 Å². The summed E-state index contributed by atoms with van der Waals surface area (Å²) in [5.41, 5.74) is 5.67. The third kappa shape index (κ3) is 4.48. The van der Waals surface area contributed by atoms with Crippen LogP contribution >= 0.6 is 0 Å². The summed E-state index contributed by atoms with van der Waals surface area (Å²) in [4.78, 5) is 14.6. The molecule has 0 radical (unpaired) electrons. The Hall–Kier alpha value is -1.63. The molecule has 7 heteroatoms. The molecule has 0 aliphatic carbocycles. The number of rotatable bonds is 6. The molecule has 1 unspecified atom stereocenters. The highest BCUT2D eigenvalue weighted by Gasteiger charge is 2.17.